The summed E-state index contributed by atoms with van der Waals surface area (Å²) in [6.45, 7) is 3.07. The highest BCUT2D eigenvalue weighted by Gasteiger charge is 2.26. The molecule has 1 aromatic carbocycles. The Hall–Kier alpha value is -2.90. The lowest BCUT2D eigenvalue weighted by atomic mass is 10.1. The highest BCUT2D eigenvalue weighted by molar-refractivity contribution is 5.95. The number of rotatable bonds is 2. The summed E-state index contributed by atoms with van der Waals surface area (Å²) < 4.78 is 26.3. The van der Waals surface area contributed by atoms with Crippen molar-refractivity contribution >= 4 is 11.8 Å². The Morgan fingerprint density at radius 2 is 1.56 bits per heavy atom. The molecule has 2 heterocycles. The molecule has 2 aromatic rings. The molecule has 0 saturated carbocycles. The number of carbonyl (C=O) groups is 2. The Morgan fingerprint density at radius 1 is 0.920 bits per heavy atom. The maximum atomic E-state index is 13.3. The highest BCUT2D eigenvalue weighted by Crippen LogP contribution is 2.14. The molecule has 3 rings (SSSR count). The van der Waals surface area contributed by atoms with Gasteiger partial charge in [0.25, 0.3) is 11.8 Å². The van der Waals surface area contributed by atoms with Crippen molar-refractivity contribution in [3.63, 3.8) is 0 Å². The maximum Gasteiger partial charge on any atom is 0.274 e. The van der Waals surface area contributed by atoms with Crippen molar-refractivity contribution in [1.29, 1.82) is 0 Å². The molecule has 130 valence electrons. The van der Waals surface area contributed by atoms with E-state index >= 15 is 0 Å². The Morgan fingerprint density at radius 3 is 2.12 bits per heavy atom. The lowest BCUT2D eigenvalue weighted by molar-refractivity contribution is 0.0531. The second kappa shape index (κ2) is 6.92. The first kappa shape index (κ1) is 16.9. The summed E-state index contributed by atoms with van der Waals surface area (Å²) in [4.78, 5) is 35.9. The summed E-state index contributed by atoms with van der Waals surface area (Å²) in [6, 6.07) is 3.07. The molecule has 0 spiro atoms. The molecule has 1 fully saturated rings. The lowest BCUT2D eigenvalue weighted by Crippen LogP contribution is -2.50. The number of hydrogen-bond donors (Lipinski definition) is 0. The summed E-state index contributed by atoms with van der Waals surface area (Å²) in [5.74, 6) is -2.68. The van der Waals surface area contributed by atoms with Gasteiger partial charge in [0.15, 0.2) is 11.6 Å². The van der Waals surface area contributed by atoms with Crippen molar-refractivity contribution in [2.45, 2.75) is 6.92 Å². The summed E-state index contributed by atoms with van der Waals surface area (Å²) in [6.07, 6.45) is 2.95. The topological polar surface area (TPSA) is 66.4 Å². The number of aryl methyl sites for hydroxylation is 1. The molecular weight excluding hydrogens is 330 g/mol. The van der Waals surface area contributed by atoms with Crippen molar-refractivity contribution in [1.82, 2.24) is 19.8 Å². The van der Waals surface area contributed by atoms with Gasteiger partial charge in [0.1, 0.15) is 5.69 Å². The zero-order valence-electron chi connectivity index (χ0n) is 13.6. The molecular formula is C17H16F2N4O2. The van der Waals surface area contributed by atoms with Crippen LogP contribution < -0.4 is 0 Å². The highest BCUT2D eigenvalue weighted by atomic mass is 19.2. The van der Waals surface area contributed by atoms with Crippen LogP contribution in [0, 0.1) is 18.6 Å². The summed E-state index contributed by atoms with van der Waals surface area (Å²) in [5, 5.41) is 0. The van der Waals surface area contributed by atoms with Crippen molar-refractivity contribution in [3.05, 3.63) is 59.2 Å². The van der Waals surface area contributed by atoms with Crippen LogP contribution in [-0.4, -0.2) is 57.8 Å². The van der Waals surface area contributed by atoms with Crippen molar-refractivity contribution < 1.29 is 18.4 Å². The molecule has 6 nitrogen and oxygen atoms in total. The van der Waals surface area contributed by atoms with Crippen LogP contribution in [0.1, 0.15) is 26.5 Å². The van der Waals surface area contributed by atoms with E-state index in [1.807, 2.05) is 0 Å². The van der Waals surface area contributed by atoms with Gasteiger partial charge in [0, 0.05) is 37.9 Å². The molecule has 0 unspecified atom stereocenters. The van der Waals surface area contributed by atoms with Crippen molar-refractivity contribution in [3.8, 4) is 0 Å². The molecule has 1 aliphatic heterocycles. The minimum atomic E-state index is -1.06. The van der Waals surface area contributed by atoms with Gasteiger partial charge in [-0.15, -0.1) is 0 Å². The summed E-state index contributed by atoms with van der Waals surface area (Å²) >= 11 is 0. The molecule has 25 heavy (non-hydrogen) atoms. The lowest BCUT2D eigenvalue weighted by Gasteiger charge is -2.34. The van der Waals surface area contributed by atoms with Gasteiger partial charge in [-0.1, -0.05) is 0 Å². The first-order valence-electron chi connectivity index (χ1n) is 7.78. The standard InChI is InChI=1S/C17H16F2N4O2/c1-11-9-21-15(10-20-11)17(25)23-6-4-22(5-7-23)16(24)12-2-3-13(18)14(19)8-12/h2-3,8-10H,4-7H2,1H3. The fourth-order valence-electron chi connectivity index (χ4n) is 2.59. The largest absolute Gasteiger partial charge is 0.335 e. The SMILES string of the molecule is Cc1cnc(C(=O)N2CCN(C(=O)c3ccc(F)c(F)c3)CC2)cn1. The van der Waals surface area contributed by atoms with Crippen LogP contribution in [0.4, 0.5) is 8.78 Å². The Labute approximate surface area is 143 Å². The van der Waals surface area contributed by atoms with Gasteiger partial charge < -0.3 is 9.80 Å². The maximum absolute atomic E-state index is 13.3. The van der Waals surface area contributed by atoms with E-state index in [1.54, 1.807) is 11.8 Å². The van der Waals surface area contributed by atoms with E-state index < -0.39 is 11.6 Å². The first-order valence-corrected chi connectivity index (χ1v) is 7.78. The van der Waals surface area contributed by atoms with Gasteiger partial charge in [-0.25, -0.2) is 13.8 Å². The van der Waals surface area contributed by atoms with Gasteiger partial charge in [-0.05, 0) is 25.1 Å². The van der Waals surface area contributed by atoms with E-state index in [1.165, 1.54) is 23.4 Å². The number of amides is 2. The van der Waals surface area contributed by atoms with E-state index in [2.05, 4.69) is 9.97 Å². The molecule has 0 N–H and O–H groups in total. The van der Waals surface area contributed by atoms with Crippen LogP contribution in [0.3, 0.4) is 0 Å². The summed E-state index contributed by atoms with van der Waals surface area (Å²) in [7, 11) is 0. The zero-order valence-corrected chi connectivity index (χ0v) is 13.6. The zero-order chi connectivity index (χ0) is 18.0. The predicted octanol–water partition coefficient (Wildman–Crippen LogP) is 1.66. The van der Waals surface area contributed by atoms with Gasteiger partial charge in [-0.3, -0.25) is 14.6 Å². The quantitative estimate of drug-likeness (QED) is 0.830. The number of halogens is 2. The molecule has 2 amide bonds. The molecule has 1 aliphatic rings. The minimum absolute atomic E-state index is 0.0862. The Balaban J connectivity index is 1.63. The number of benzene rings is 1. The van der Waals surface area contributed by atoms with E-state index in [4.69, 9.17) is 0 Å². The number of carbonyl (C=O) groups excluding carboxylic acids is 2. The average molecular weight is 346 g/mol. The van der Waals surface area contributed by atoms with E-state index in [0.717, 1.165) is 17.8 Å². The molecule has 1 saturated heterocycles. The van der Waals surface area contributed by atoms with Crippen molar-refractivity contribution in [2.24, 2.45) is 0 Å². The molecule has 0 atom stereocenters. The predicted molar refractivity (Wildman–Crippen MR) is 84.9 cm³/mol. The van der Waals surface area contributed by atoms with Crippen LogP contribution in [0.15, 0.2) is 30.6 Å². The van der Waals surface area contributed by atoms with E-state index in [0.29, 0.717) is 26.2 Å². The fourth-order valence-corrected chi connectivity index (χ4v) is 2.59. The average Bonchev–Trinajstić information content (AvgIpc) is 2.63. The van der Waals surface area contributed by atoms with Gasteiger partial charge in [0.2, 0.25) is 0 Å². The molecule has 0 radical (unpaired) electrons. The van der Waals surface area contributed by atoms with E-state index in [9.17, 15) is 18.4 Å². The summed E-state index contributed by atoms with van der Waals surface area (Å²) in [5.41, 5.74) is 1.06. The third-order valence-corrected chi connectivity index (χ3v) is 4.02. The first-order chi connectivity index (χ1) is 12.0. The molecule has 1 aromatic heterocycles. The monoisotopic (exact) mass is 346 g/mol. The number of aromatic nitrogens is 2. The van der Waals surface area contributed by atoms with Crippen LogP contribution in [-0.2, 0) is 0 Å². The molecule has 0 aliphatic carbocycles. The second-order valence-electron chi connectivity index (χ2n) is 5.76. The fraction of sp³-hybridized carbons (Fsp3) is 0.294. The van der Waals surface area contributed by atoms with Crippen molar-refractivity contribution in [2.75, 3.05) is 26.2 Å². The Bertz CT molecular complexity index is 803. The van der Waals surface area contributed by atoms with Gasteiger partial charge >= 0.3 is 0 Å². The number of piperazine rings is 1. The molecule has 8 heteroatoms. The smallest absolute Gasteiger partial charge is 0.274 e. The molecule has 0 bridgehead atoms. The van der Waals surface area contributed by atoms with Gasteiger partial charge in [0.05, 0.1) is 11.9 Å². The van der Waals surface area contributed by atoms with Gasteiger partial charge in [-0.2, -0.15) is 0 Å². The second-order valence-corrected chi connectivity index (χ2v) is 5.76. The van der Waals surface area contributed by atoms with E-state index in [-0.39, 0.29) is 23.1 Å². The van der Waals surface area contributed by atoms with Crippen LogP contribution in [0.5, 0.6) is 0 Å². The minimum Gasteiger partial charge on any atom is -0.335 e. The number of hydrogen-bond acceptors (Lipinski definition) is 4. The Kier molecular flexibility index (Phi) is 4.69. The number of nitrogens with zero attached hydrogens (tertiary/aromatic N) is 4. The third-order valence-electron chi connectivity index (χ3n) is 4.02. The van der Waals surface area contributed by atoms with Crippen LogP contribution in [0.2, 0.25) is 0 Å². The normalized spacial score (nSPS) is 14.5. The third kappa shape index (κ3) is 3.62. The van der Waals surface area contributed by atoms with Crippen LogP contribution in [0.25, 0.3) is 0 Å². The van der Waals surface area contributed by atoms with Crippen LogP contribution >= 0.6 is 0 Å².